The molecule has 0 bridgehead atoms. The van der Waals surface area contributed by atoms with E-state index < -0.39 is 12.2 Å². The highest BCUT2D eigenvalue weighted by Crippen LogP contribution is 2.37. The quantitative estimate of drug-likeness (QED) is 0.0700. The Morgan fingerprint density at radius 1 is 0.864 bits per heavy atom. The lowest BCUT2D eigenvalue weighted by Gasteiger charge is -2.23. The zero-order valence-electron chi connectivity index (χ0n) is 24.8. The second kappa shape index (κ2) is 17.6. The van der Waals surface area contributed by atoms with E-state index in [0.717, 1.165) is 32.1 Å². The molecule has 4 rings (SSSR count). The molecule has 0 spiro atoms. The van der Waals surface area contributed by atoms with Gasteiger partial charge in [0, 0.05) is 41.0 Å². The van der Waals surface area contributed by atoms with Gasteiger partial charge < -0.3 is 25.0 Å². The van der Waals surface area contributed by atoms with Crippen molar-refractivity contribution in [3.05, 3.63) is 90.5 Å². The Balaban J connectivity index is 1.10. The topological polar surface area (TPSA) is 122 Å². The number of unbranched alkanes of at least 4 members (excludes halogenated alkanes) is 3. The zero-order valence-corrected chi connectivity index (χ0v) is 25.6. The highest BCUT2D eigenvalue weighted by molar-refractivity contribution is 7.99. The maximum absolute atomic E-state index is 12.6. The molecule has 0 heterocycles. The van der Waals surface area contributed by atoms with Crippen LogP contribution in [0.15, 0.2) is 84.9 Å². The summed E-state index contributed by atoms with van der Waals surface area (Å²) in [6, 6.07) is 24.9. The Hall–Kier alpha value is -3.66. The minimum absolute atomic E-state index is 0.0167. The summed E-state index contributed by atoms with van der Waals surface area (Å²) in [7, 11) is 0. The Morgan fingerprint density at radius 2 is 1.55 bits per heavy atom. The number of nitrogens with one attached hydrogen (secondary N) is 1. The number of aliphatic hydroxyl groups is 2. The van der Waals surface area contributed by atoms with Gasteiger partial charge in [0.15, 0.2) is 6.29 Å². The van der Waals surface area contributed by atoms with Gasteiger partial charge in [-0.15, -0.1) is 0 Å². The number of para-hydroxylation sites is 1. The molecule has 1 aliphatic carbocycles. The predicted molar refractivity (Wildman–Crippen MR) is 172 cm³/mol. The number of Topliss-reactive ketones (excluding diaryl/α,β-unsaturated/α-hetero) is 1. The monoisotopic (exact) mass is 619 g/mol. The molecule has 0 radical (unpaired) electrons. The fourth-order valence-electron chi connectivity index (χ4n) is 5.18. The summed E-state index contributed by atoms with van der Waals surface area (Å²) in [6.45, 7) is 0.195. The van der Waals surface area contributed by atoms with Gasteiger partial charge >= 0.3 is 5.97 Å². The van der Waals surface area contributed by atoms with Crippen LogP contribution in [0.3, 0.4) is 0 Å². The lowest BCUT2D eigenvalue weighted by molar-refractivity contribution is -0.134. The maximum Gasteiger partial charge on any atom is 0.311 e. The summed E-state index contributed by atoms with van der Waals surface area (Å²) in [6.07, 6.45) is 4.42. The van der Waals surface area contributed by atoms with Gasteiger partial charge in [-0.25, -0.2) is 0 Å². The SMILES string of the molecule is O=C(CCCCCC[C@H]1C(=O)CC[C@@H]1SCC(COc1ccccc1)C(O)O)Oc1ccc(NC(=O)c2ccccc2)cc1. The number of hydrogen-bond donors (Lipinski definition) is 3. The molecule has 3 atom stereocenters. The lowest BCUT2D eigenvalue weighted by atomic mass is 9.98. The third-order valence-corrected chi connectivity index (χ3v) is 9.33. The van der Waals surface area contributed by atoms with Crippen molar-refractivity contribution >= 4 is 35.1 Å². The molecule has 234 valence electrons. The molecule has 0 aromatic heterocycles. The molecule has 1 fully saturated rings. The summed E-state index contributed by atoms with van der Waals surface area (Å²) in [4.78, 5) is 37.2. The number of rotatable bonds is 17. The third kappa shape index (κ3) is 10.8. The number of amides is 1. The Bertz CT molecular complexity index is 1320. The third-order valence-electron chi connectivity index (χ3n) is 7.72. The first-order valence-electron chi connectivity index (χ1n) is 15.2. The molecular weight excluding hydrogens is 578 g/mol. The van der Waals surface area contributed by atoms with Crippen LogP contribution in [0.2, 0.25) is 0 Å². The van der Waals surface area contributed by atoms with Crippen molar-refractivity contribution in [3.63, 3.8) is 0 Å². The number of thioether (sulfide) groups is 1. The highest BCUT2D eigenvalue weighted by Gasteiger charge is 2.35. The average molecular weight is 620 g/mol. The lowest BCUT2D eigenvalue weighted by Crippen LogP contribution is -2.29. The summed E-state index contributed by atoms with van der Waals surface area (Å²) in [5, 5.41) is 22.7. The Labute approximate surface area is 263 Å². The van der Waals surface area contributed by atoms with E-state index >= 15 is 0 Å². The average Bonchev–Trinajstić information content (AvgIpc) is 3.39. The Morgan fingerprint density at radius 3 is 2.25 bits per heavy atom. The Kier molecular flexibility index (Phi) is 13.3. The number of aliphatic hydroxyl groups excluding tert-OH is 1. The maximum atomic E-state index is 12.6. The van der Waals surface area contributed by atoms with Crippen molar-refractivity contribution in [1.82, 2.24) is 0 Å². The first kappa shape index (κ1) is 33.2. The van der Waals surface area contributed by atoms with Crippen LogP contribution in [0.1, 0.15) is 61.7 Å². The number of benzene rings is 3. The van der Waals surface area contributed by atoms with Gasteiger partial charge in [-0.1, -0.05) is 55.7 Å². The summed E-state index contributed by atoms with van der Waals surface area (Å²) < 4.78 is 11.2. The van der Waals surface area contributed by atoms with E-state index in [9.17, 15) is 24.6 Å². The molecule has 1 unspecified atom stereocenters. The van der Waals surface area contributed by atoms with E-state index in [0.29, 0.717) is 53.5 Å². The summed E-state index contributed by atoms with van der Waals surface area (Å²) in [5.74, 6) is 0.938. The van der Waals surface area contributed by atoms with Crippen LogP contribution in [0.5, 0.6) is 11.5 Å². The van der Waals surface area contributed by atoms with E-state index in [2.05, 4.69) is 5.32 Å². The number of ketones is 1. The van der Waals surface area contributed by atoms with Crippen molar-refractivity contribution in [2.45, 2.75) is 62.9 Å². The van der Waals surface area contributed by atoms with Crippen LogP contribution in [0.4, 0.5) is 5.69 Å². The van der Waals surface area contributed by atoms with Crippen LogP contribution in [0.25, 0.3) is 0 Å². The number of anilines is 1. The molecule has 1 amide bonds. The van der Waals surface area contributed by atoms with Gasteiger partial charge in [0.2, 0.25) is 0 Å². The zero-order chi connectivity index (χ0) is 31.1. The minimum atomic E-state index is -1.49. The van der Waals surface area contributed by atoms with Gasteiger partial charge in [-0.2, -0.15) is 11.8 Å². The van der Waals surface area contributed by atoms with Crippen LogP contribution < -0.4 is 14.8 Å². The minimum Gasteiger partial charge on any atom is -0.493 e. The largest absolute Gasteiger partial charge is 0.493 e. The second-order valence-electron chi connectivity index (χ2n) is 11.1. The van der Waals surface area contributed by atoms with E-state index in [1.165, 1.54) is 0 Å². The van der Waals surface area contributed by atoms with Crippen molar-refractivity contribution < 1.29 is 34.1 Å². The molecule has 3 aromatic rings. The van der Waals surface area contributed by atoms with Gasteiger partial charge in [0.05, 0.1) is 12.5 Å². The van der Waals surface area contributed by atoms with E-state index in [-0.39, 0.29) is 29.7 Å². The van der Waals surface area contributed by atoms with Crippen molar-refractivity contribution in [2.75, 3.05) is 17.7 Å². The van der Waals surface area contributed by atoms with Crippen molar-refractivity contribution in [2.24, 2.45) is 11.8 Å². The molecule has 44 heavy (non-hydrogen) atoms. The molecule has 3 N–H and O–H groups in total. The van der Waals surface area contributed by atoms with Gasteiger partial charge in [0.25, 0.3) is 5.91 Å². The first-order chi connectivity index (χ1) is 21.4. The second-order valence-corrected chi connectivity index (χ2v) is 12.3. The molecule has 1 saturated carbocycles. The predicted octanol–water partition coefficient (Wildman–Crippen LogP) is 6.27. The van der Waals surface area contributed by atoms with E-state index in [1.807, 2.05) is 36.4 Å². The molecule has 9 heteroatoms. The number of carbonyl (C=O) groups excluding carboxylic acids is 3. The van der Waals surface area contributed by atoms with Crippen LogP contribution in [-0.4, -0.2) is 51.8 Å². The number of esters is 1. The first-order valence-corrected chi connectivity index (χ1v) is 16.3. The number of hydrogen-bond acceptors (Lipinski definition) is 8. The van der Waals surface area contributed by atoms with Gasteiger partial charge in [-0.3, -0.25) is 14.4 Å². The van der Waals surface area contributed by atoms with Crippen LogP contribution >= 0.6 is 11.8 Å². The highest BCUT2D eigenvalue weighted by atomic mass is 32.2. The van der Waals surface area contributed by atoms with Gasteiger partial charge in [-0.05, 0) is 67.8 Å². The molecule has 0 saturated heterocycles. The molecule has 3 aromatic carbocycles. The summed E-state index contributed by atoms with van der Waals surface area (Å²) >= 11 is 1.64. The fourth-order valence-corrected chi connectivity index (χ4v) is 6.75. The van der Waals surface area contributed by atoms with E-state index in [4.69, 9.17) is 9.47 Å². The molecular formula is C35H41NO7S. The molecule has 0 aliphatic heterocycles. The number of carbonyl (C=O) groups is 3. The van der Waals surface area contributed by atoms with Crippen molar-refractivity contribution in [1.29, 1.82) is 0 Å². The van der Waals surface area contributed by atoms with Crippen molar-refractivity contribution in [3.8, 4) is 11.5 Å². The van der Waals surface area contributed by atoms with Gasteiger partial charge in [0.1, 0.15) is 17.3 Å². The fraction of sp³-hybridized carbons (Fsp3) is 0.400. The normalized spacial score (nSPS) is 16.9. The van der Waals surface area contributed by atoms with Crippen LogP contribution in [0, 0.1) is 11.8 Å². The smallest absolute Gasteiger partial charge is 0.311 e. The number of ether oxygens (including phenoxy) is 2. The van der Waals surface area contributed by atoms with E-state index in [1.54, 1.807) is 60.3 Å². The standard InChI is InChI=1S/C35H41NO7S/c37-31-21-22-32(44-24-26(35(40)41)23-42-28-13-7-4-8-14-28)30(31)15-9-1-2-10-16-33(38)43-29-19-17-27(18-20-29)36-34(39)25-11-5-3-6-12-25/h3-8,11-14,17-20,26,30,32,35,40-41H,1-2,9-10,15-16,21-24H2,(H,36,39)/t26?,30-,32-/m0/s1. The molecule has 8 nitrogen and oxygen atoms in total. The van der Waals surface area contributed by atoms with Crippen LogP contribution in [-0.2, 0) is 9.59 Å². The summed E-state index contributed by atoms with van der Waals surface area (Å²) in [5.41, 5.74) is 1.18. The molecule has 1 aliphatic rings.